The van der Waals surface area contributed by atoms with Crippen molar-refractivity contribution in [3.05, 3.63) is 35.0 Å². The minimum atomic E-state index is -0.0882. The maximum Gasteiger partial charge on any atom is 0.172 e. The lowest BCUT2D eigenvalue weighted by Crippen LogP contribution is -2.38. The zero-order valence-corrected chi connectivity index (χ0v) is 14.4. The van der Waals surface area contributed by atoms with Crippen LogP contribution in [-0.2, 0) is 0 Å². The Morgan fingerprint density at radius 1 is 1.17 bits per heavy atom. The number of hydrogen-bond donors (Lipinski definition) is 3. The SMILES string of the molecule is COc1ccc(C2NC(=S)Nc3n[nH]c(C(C)C)c32)cc1OC. The number of H-pyrrole nitrogens is 1. The number of hydrogen-bond acceptors (Lipinski definition) is 4. The molecule has 1 aliphatic rings. The fraction of sp³-hybridized carbons (Fsp3) is 0.375. The highest BCUT2D eigenvalue weighted by atomic mass is 32.1. The Morgan fingerprint density at radius 2 is 1.91 bits per heavy atom. The summed E-state index contributed by atoms with van der Waals surface area (Å²) in [6, 6.07) is 5.78. The Hall–Kier alpha value is -2.28. The van der Waals surface area contributed by atoms with Crippen LogP contribution >= 0.6 is 12.2 Å². The van der Waals surface area contributed by atoms with Crippen molar-refractivity contribution in [3.8, 4) is 11.5 Å². The van der Waals surface area contributed by atoms with Crippen molar-refractivity contribution < 1.29 is 9.47 Å². The van der Waals surface area contributed by atoms with Gasteiger partial charge in [-0.3, -0.25) is 5.10 Å². The second-order valence-electron chi connectivity index (χ2n) is 5.70. The van der Waals surface area contributed by atoms with E-state index in [9.17, 15) is 0 Å². The molecule has 2 aromatic rings. The van der Waals surface area contributed by atoms with Gasteiger partial charge >= 0.3 is 0 Å². The van der Waals surface area contributed by atoms with Crippen molar-refractivity contribution in [2.75, 3.05) is 19.5 Å². The highest BCUT2D eigenvalue weighted by molar-refractivity contribution is 7.80. The predicted molar refractivity (Wildman–Crippen MR) is 93.4 cm³/mol. The van der Waals surface area contributed by atoms with Gasteiger partial charge in [0.1, 0.15) is 0 Å². The van der Waals surface area contributed by atoms with Crippen LogP contribution in [0.5, 0.6) is 11.5 Å². The molecule has 0 saturated heterocycles. The molecular weight excluding hydrogens is 312 g/mol. The zero-order chi connectivity index (χ0) is 16.6. The summed E-state index contributed by atoms with van der Waals surface area (Å²) in [5, 5.41) is 14.5. The molecule has 1 aliphatic heterocycles. The minimum absolute atomic E-state index is 0.0882. The molecule has 0 bridgehead atoms. The van der Waals surface area contributed by atoms with Crippen LogP contribution in [0.1, 0.15) is 42.6 Å². The lowest BCUT2D eigenvalue weighted by molar-refractivity contribution is 0.354. The first-order valence-corrected chi connectivity index (χ1v) is 7.83. The Kier molecular flexibility index (Phi) is 4.12. The standard InChI is InChI=1S/C16H20N4O2S/c1-8(2)13-12-14(17-16(23)18-15(12)20-19-13)9-5-6-10(21-3)11(7-9)22-4/h5-8,14H,1-4H3,(H3,17,18,19,20,23). The lowest BCUT2D eigenvalue weighted by Gasteiger charge is -2.28. The molecule has 0 amide bonds. The van der Waals surface area contributed by atoms with Gasteiger partial charge in [0.05, 0.1) is 20.3 Å². The van der Waals surface area contributed by atoms with E-state index in [1.807, 2.05) is 18.2 Å². The number of rotatable bonds is 4. The van der Waals surface area contributed by atoms with Crippen molar-refractivity contribution in [2.45, 2.75) is 25.8 Å². The molecule has 1 unspecified atom stereocenters. The number of ether oxygens (including phenoxy) is 2. The maximum atomic E-state index is 5.42. The topological polar surface area (TPSA) is 71.2 Å². The number of fused-ring (bicyclic) bond motifs is 1. The number of aromatic amines is 1. The summed E-state index contributed by atoms with van der Waals surface area (Å²) >= 11 is 5.31. The van der Waals surface area contributed by atoms with E-state index in [0.29, 0.717) is 22.5 Å². The molecule has 0 spiro atoms. The van der Waals surface area contributed by atoms with E-state index in [1.165, 1.54) is 0 Å². The Balaban J connectivity index is 2.10. The van der Waals surface area contributed by atoms with Crippen LogP contribution in [-0.4, -0.2) is 29.5 Å². The molecule has 0 saturated carbocycles. The quantitative estimate of drug-likeness (QED) is 0.748. The van der Waals surface area contributed by atoms with E-state index in [0.717, 1.165) is 22.6 Å². The molecule has 1 aromatic heterocycles. The normalized spacial score (nSPS) is 16.6. The van der Waals surface area contributed by atoms with Crippen molar-refractivity contribution in [1.29, 1.82) is 0 Å². The van der Waals surface area contributed by atoms with Gasteiger partial charge in [-0.05, 0) is 35.8 Å². The number of aromatic nitrogens is 2. The zero-order valence-electron chi connectivity index (χ0n) is 13.6. The van der Waals surface area contributed by atoms with Crippen molar-refractivity contribution in [2.24, 2.45) is 0 Å². The largest absolute Gasteiger partial charge is 0.493 e. The van der Waals surface area contributed by atoms with Gasteiger partial charge < -0.3 is 20.1 Å². The van der Waals surface area contributed by atoms with Crippen molar-refractivity contribution >= 4 is 23.1 Å². The van der Waals surface area contributed by atoms with Crippen LogP contribution in [0.15, 0.2) is 18.2 Å². The molecule has 122 valence electrons. The van der Waals surface area contributed by atoms with Crippen LogP contribution < -0.4 is 20.1 Å². The third kappa shape index (κ3) is 2.72. The van der Waals surface area contributed by atoms with E-state index >= 15 is 0 Å². The van der Waals surface area contributed by atoms with Gasteiger partial charge in [-0.25, -0.2) is 0 Å². The van der Waals surface area contributed by atoms with Gasteiger partial charge in [0.2, 0.25) is 0 Å². The molecule has 3 rings (SSSR count). The summed E-state index contributed by atoms with van der Waals surface area (Å²) in [6.07, 6.45) is 0. The highest BCUT2D eigenvalue weighted by Crippen LogP contribution is 2.38. The van der Waals surface area contributed by atoms with Crippen LogP contribution in [0, 0.1) is 0 Å². The Morgan fingerprint density at radius 3 is 2.57 bits per heavy atom. The number of thiocarbonyl (C=S) groups is 1. The highest BCUT2D eigenvalue weighted by Gasteiger charge is 2.30. The van der Waals surface area contributed by atoms with Crippen molar-refractivity contribution in [1.82, 2.24) is 15.5 Å². The predicted octanol–water partition coefficient (Wildman–Crippen LogP) is 2.94. The van der Waals surface area contributed by atoms with E-state index in [2.05, 4.69) is 34.7 Å². The smallest absolute Gasteiger partial charge is 0.172 e. The van der Waals surface area contributed by atoms with E-state index < -0.39 is 0 Å². The number of nitrogens with zero attached hydrogens (tertiary/aromatic N) is 1. The molecule has 1 atom stereocenters. The van der Waals surface area contributed by atoms with E-state index in [-0.39, 0.29) is 6.04 Å². The average Bonchev–Trinajstić information content (AvgIpc) is 2.97. The van der Waals surface area contributed by atoms with Gasteiger partial charge in [0.15, 0.2) is 22.4 Å². The molecular formula is C16H20N4O2S. The molecule has 0 radical (unpaired) electrons. The Labute approximate surface area is 140 Å². The first-order valence-electron chi connectivity index (χ1n) is 7.42. The summed E-state index contributed by atoms with van der Waals surface area (Å²) in [5.74, 6) is 2.48. The van der Waals surface area contributed by atoms with Crippen LogP contribution in [0.2, 0.25) is 0 Å². The molecule has 7 heteroatoms. The second kappa shape index (κ2) is 6.08. The third-order valence-corrected chi connectivity index (χ3v) is 4.17. The van der Waals surface area contributed by atoms with Crippen LogP contribution in [0.25, 0.3) is 0 Å². The molecule has 3 N–H and O–H groups in total. The first-order chi connectivity index (χ1) is 11.0. The van der Waals surface area contributed by atoms with Gasteiger partial charge in [-0.1, -0.05) is 19.9 Å². The summed E-state index contributed by atoms with van der Waals surface area (Å²) in [5.41, 5.74) is 3.21. The molecule has 2 heterocycles. The Bertz CT molecular complexity index is 742. The summed E-state index contributed by atoms with van der Waals surface area (Å²) in [4.78, 5) is 0. The van der Waals surface area contributed by atoms with Gasteiger partial charge in [-0.15, -0.1) is 0 Å². The fourth-order valence-corrected chi connectivity index (χ4v) is 3.04. The molecule has 6 nitrogen and oxygen atoms in total. The molecule has 23 heavy (non-hydrogen) atoms. The minimum Gasteiger partial charge on any atom is -0.493 e. The molecule has 0 aliphatic carbocycles. The van der Waals surface area contributed by atoms with Gasteiger partial charge in [-0.2, -0.15) is 5.10 Å². The third-order valence-electron chi connectivity index (χ3n) is 3.95. The number of benzene rings is 1. The summed E-state index contributed by atoms with van der Waals surface area (Å²) in [7, 11) is 3.26. The maximum absolute atomic E-state index is 5.42. The fourth-order valence-electron chi connectivity index (χ4n) is 2.82. The van der Waals surface area contributed by atoms with Crippen molar-refractivity contribution in [3.63, 3.8) is 0 Å². The van der Waals surface area contributed by atoms with Gasteiger partial charge in [0.25, 0.3) is 0 Å². The first kappa shape index (κ1) is 15.6. The van der Waals surface area contributed by atoms with Gasteiger partial charge in [0, 0.05) is 11.3 Å². The summed E-state index contributed by atoms with van der Waals surface area (Å²) in [6.45, 7) is 4.26. The van der Waals surface area contributed by atoms with Crippen LogP contribution in [0.3, 0.4) is 0 Å². The lowest BCUT2D eigenvalue weighted by atomic mass is 9.93. The summed E-state index contributed by atoms with van der Waals surface area (Å²) < 4.78 is 10.7. The number of methoxy groups -OCH3 is 2. The average molecular weight is 332 g/mol. The van der Waals surface area contributed by atoms with E-state index in [4.69, 9.17) is 21.7 Å². The second-order valence-corrected chi connectivity index (χ2v) is 6.11. The van der Waals surface area contributed by atoms with E-state index in [1.54, 1.807) is 14.2 Å². The number of nitrogens with one attached hydrogen (secondary N) is 3. The molecule has 0 fully saturated rings. The van der Waals surface area contributed by atoms with Crippen LogP contribution in [0.4, 0.5) is 5.82 Å². The monoisotopic (exact) mass is 332 g/mol. The number of anilines is 1. The molecule has 1 aromatic carbocycles.